The van der Waals surface area contributed by atoms with Crippen LogP contribution < -0.4 is 0 Å². The Labute approximate surface area is 101 Å². The zero-order valence-corrected chi connectivity index (χ0v) is 10.2. The zero-order chi connectivity index (χ0) is 12.3. The molecule has 0 spiro atoms. The molecule has 0 bridgehead atoms. The first-order chi connectivity index (χ1) is 8.15. The van der Waals surface area contributed by atoms with Gasteiger partial charge in [-0.25, -0.2) is 0 Å². The van der Waals surface area contributed by atoms with Gasteiger partial charge in [-0.1, -0.05) is 6.07 Å². The second-order valence-electron chi connectivity index (χ2n) is 4.37. The molecule has 2 aromatic heterocycles. The van der Waals surface area contributed by atoms with Crippen molar-refractivity contribution >= 4 is 0 Å². The van der Waals surface area contributed by atoms with Crippen LogP contribution in [0.25, 0.3) is 0 Å². The first-order valence-electron chi connectivity index (χ1n) is 5.72. The minimum absolute atomic E-state index is 0.456. The molecule has 2 rings (SSSR count). The summed E-state index contributed by atoms with van der Waals surface area (Å²) in [5, 5.41) is 14.1. The highest BCUT2D eigenvalue weighted by Crippen LogP contribution is 2.18. The van der Waals surface area contributed by atoms with Crippen LogP contribution in [0.4, 0.5) is 0 Å². The molecular formula is C13H17N3O. The maximum Gasteiger partial charge on any atom is 0.0808 e. The molecule has 90 valence electrons. The lowest BCUT2D eigenvalue weighted by atomic mass is 10.0. The van der Waals surface area contributed by atoms with Crippen LogP contribution in [0.15, 0.2) is 30.9 Å². The van der Waals surface area contributed by atoms with Crippen molar-refractivity contribution in [2.75, 3.05) is 0 Å². The van der Waals surface area contributed by atoms with Gasteiger partial charge in [0, 0.05) is 25.6 Å². The lowest BCUT2D eigenvalue weighted by Gasteiger charge is -2.10. The Morgan fingerprint density at radius 1 is 1.35 bits per heavy atom. The fourth-order valence-corrected chi connectivity index (χ4v) is 1.83. The summed E-state index contributed by atoms with van der Waals surface area (Å²) in [4.78, 5) is 4.09. The molecule has 0 aromatic carbocycles. The number of nitrogens with zero attached hydrogens (tertiary/aromatic N) is 3. The van der Waals surface area contributed by atoms with Crippen molar-refractivity contribution in [1.29, 1.82) is 0 Å². The Balaban J connectivity index is 1.95. The van der Waals surface area contributed by atoms with Gasteiger partial charge in [-0.3, -0.25) is 9.67 Å². The second-order valence-corrected chi connectivity index (χ2v) is 4.37. The van der Waals surface area contributed by atoms with E-state index < -0.39 is 6.10 Å². The van der Waals surface area contributed by atoms with Crippen molar-refractivity contribution in [3.63, 3.8) is 0 Å². The molecule has 0 aliphatic heterocycles. The SMILES string of the molecule is Cc1cncc(C(O)CCc2cnn(C)c2)c1. The molecule has 4 nitrogen and oxygen atoms in total. The summed E-state index contributed by atoms with van der Waals surface area (Å²) in [6.45, 7) is 1.98. The fourth-order valence-electron chi connectivity index (χ4n) is 1.83. The van der Waals surface area contributed by atoms with Crippen LogP contribution in [-0.2, 0) is 13.5 Å². The molecule has 2 aromatic rings. The smallest absolute Gasteiger partial charge is 0.0808 e. The summed E-state index contributed by atoms with van der Waals surface area (Å²) in [6.07, 6.45) is 8.38. The summed E-state index contributed by atoms with van der Waals surface area (Å²) in [5.74, 6) is 0. The fraction of sp³-hybridized carbons (Fsp3) is 0.385. The van der Waals surface area contributed by atoms with Gasteiger partial charge in [0.25, 0.3) is 0 Å². The molecule has 0 aliphatic carbocycles. The first kappa shape index (κ1) is 11.8. The normalized spacial score (nSPS) is 12.6. The summed E-state index contributed by atoms with van der Waals surface area (Å²) < 4.78 is 1.77. The number of aryl methyl sites for hydroxylation is 3. The molecular weight excluding hydrogens is 214 g/mol. The monoisotopic (exact) mass is 231 g/mol. The van der Waals surface area contributed by atoms with E-state index in [4.69, 9.17) is 0 Å². The average Bonchev–Trinajstić information content (AvgIpc) is 2.72. The lowest BCUT2D eigenvalue weighted by Crippen LogP contribution is -2.00. The third-order valence-electron chi connectivity index (χ3n) is 2.75. The molecule has 0 radical (unpaired) electrons. The lowest BCUT2D eigenvalue weighted by molar-refractivity contribution is 0.167. The molecule has 0 fully saturated rings. The van der Waals surface area contributed by atoms with Crippen molar-refractivity contribution in [3.8, 4) is 0 Å². The topological polar surface area (TPSA) is 50.9 Å². The number of hydrogen-bond acceptors (Lipinski definition) is 3. The van der Waals surface area contributed by atoms with Crippen LogP contribution in [0.5, 0.6) is 0 Å². The zero-order valence-electron chi connectivity index (χ0n) is 10.2. The van der Waals surface area contributed by atoms with E-state index in [0.717, 1.165) is 23.1 Å². The highest BCUT2D eigenvalue weighted by atomic mass is 16.3. The minimum atomic E-state index is -0.456. The van der Waals surface area contributed by atoms with Gasteiger partial charge in [0.1, 0.15) is 0 Å². The quantitative estimate of drug-likeness (QED) is 0.872. The van der Waals surface area contributed by atoms with E-state index >= 15 is 0 Å². The van der Waals surface area contributed by atoms with Gasteiger partial charge >= 0.3 is 0 Å². The molecule has 0 amide bonds. The number of pyridine rings is 1. The van der Waals surface area contributed by atoms with Gasteiger partial charge in [-0.2, -0.15) is 5.10 Å². The molecule has 2 heterocycles. The summed E-state index contributed by atoms with van der Waals surface area (Å²) in [7, 11) is 1.89. The van der Waals surface area contributed by atoms with Gasteiger partial charge in [0.15, 0.2) is 0 Å². The van der Waals surface area contributed by atoms with Crippen molar-refractivity contribution < 1.29 is 5.11 Å². The number of aliphatic hydroxyl groups excluding tert-OH is 1. The van der Waals surface area contributed by atoms with Crippen molar-refractivity contribution in [3.05, 3.63) is 47.5 Å². The Hall–Kier alpha value is -1.68. The molecule has 1 N–H and O–H groups in total. The number of aliphatic hydroxyl groups is 1. The van der Waals surface area contributed by atoms with Gasteiger partial charge in [0.2, 0.25) is 0 Å². The number of aromatic nitrogens is 3. The Morgan fingerprint density at radius 3 is 2.82 bits per heavy atom. The molecule has 0 saturated heterocycles. The largest absolute Gasteiger partial charge is 0.388 e. The highest BCUT2D eigenvalue weighted by Gasteiger charge is 2.08. The van der Waals surface area contributed by atoms with E-state index in [0.29, 0.717) is 6.42 Å². The van der Waals surface area contributed by atoms with E-state index in [2.05, 4.69) is 10.1 Å². The Bertz CT molecular complexity index is 493. The molecule has 0 aliphatic rings. The van der Waals surface area contributed by atoms with Crippen molar-refractivity contribution in [1.82, 2.24) is 14.8 Å². The second kappa shape index (κ2) is 5.10. The van der Waals surface area contributed by atoms with Gasteiger partial charge in [-0.15, -0.1) is 0 Å². The maximum absolute atomic E-state index is 10.0. The van der Waals surface area contributed by atoms with Crippen LogP contribution in [0, 0.1) is 6.92 Å². The van der Waals surface area contributed by atoms with E-state index in [-0.39, 0.29) is 0 Å². The Morgan fingerprint density at radius 2 is 2.18 bits per heavy atom. The molecule has 1 unspecified atom stereocenters. The van der Waals surface area contributed by atoms with Crippen LogP contribution in [0.1, 0.15) is 29.2 Å². The van der Waals surface area contributed by atoms with Crippen LogP contribution in [-0.4, -0.2) is 19.9 Å². The van der Waals surface area contributed by atoms with E-state index in [9.17, 15) is 5.11 Å². The molecule has 17 heavy (non-hydrogen) atoms. The predicted octanol–water partition coefficient (Wildman–Crippen LogP) is 1.79. The predicted molar refractivity (Wildman–Crippen MR) is 65.5 cm³/mol. The number of hydrogen-bond donors (Lipinski definition) is 1. The molecule has 4 heteroatoms. The third kappa shape index (κ3) is 3.14. The highest BCUT2D eigenvalue weighted by molar-refractivity contribution is 5.19. The molecule has 1 atom stereocenters. The van der Waals surface area contributed by atoms with E-state index in [1.807, 2.05) is 32.4 Å². The third-order valence-corrected chi connectivity index (χ3v) is 2.75. The van der Waals surface area contributed by atoms with Crippen LogP contribution >= 0.6 is 0 Å². The van der Waals surface area contributed by atoms with E-state index in [1.54, 1.807) is 17.1 Å². The van der Waals surface area contributed by atoms with Crippen molar-refractivity contribution in [2.45, 2.75) is 25.9 Å². The van der Waals surface area contributed by atoms with Gasteiger partial charge in [0.05, 0.1) is 12.3 Å². The standard InChI is InChI=1S/C13H17N3O/c1-10-5-12(8-14-6-10)13(17)4-3-11-7-15-16(2)9-11/h5-9,13,17H,3-4H2,1-2H3. The maximum atomic E-state index is 10.0. The minimum Gasteiger partial charge on any atom is -0.388 e. The Kier molecular flexibility index (Phi) is 3.54. The van der Waals surface area contributed by atoms with E-state index in [1.165, 1.54) is 0 Å². The summed E-state index contributed by atoms with van der Waals surface area (Å²) in [6, 6.07) is 1.97. The van der Waals surface area contributed by atoms with Gasteiger partial charge < -0.3 is 5.11 Å². The first-order valence-corrected chi connectivity index (χ1v) is 5.72. The van der Waals surface area contributed by atoms with Gasteiger partial charge in [-0.05, 0) is 36.5 Å². The van der Waals surface area contributed by atoms with Crippen molar-refractivity contribution in [2.24, 2.45) is 7.05 Å². The van der Waals surface area contributed by atoms with Crippen LogP contribution in [0.3, 0.4) is 0 Å². The summed E-state index contributed by atoms with van der Waals surface area (Å²) >= 11 is 0. The van der Waals surface area contributed by atoms with Crippen LogP contribution in [0.2, 0.25) is 0 Å². The summed E-state index contributed by atoms with van der Waals surface area (Å²) in [5.41, 5.74) is 3.10. The number of rotatable bonds is 4. The molecule has 0 saturated carbocycles. The average molecular weight is 231 g/mol.